The third-order valence-electron chi connectivity index (χ3n) is 5.74. The van der Waals surface area contributed by atoms with Crippen LogP contribution in [0.3, 0.4) is 0 Å². The molecule has 0 saturated heterocycles. The molecule has 3 aromatic carbocycles. The van der Waals surface area contributed by atoms with Gasteiger partial charge in [0, 0.05) is 75.7 Å². The molecule has 14 heteroatoms. The molecule has 0 radical (unpaired) electrons. The monoisotopic (exact) mass is 792 g/mol. The molecule has 0 heterocycles. The molecular formula is C30H40CaO4S9. The van der Waals surface area contributed by atoms with Crippen LogP contribution in [0, 0.1) is 0 Å². The normalized spacial score (nSPS) is 10.7. The fraction of sp³-hybridized carbons (Fsp3) is 0.400. The van der Waals surface area contributed by atoms with Gasteiger partial charge >= 0.3 is 37.3 Å². The molecule has 0 aromatic heterocycles. The second-order valence-corrected chi connectivity index (χ2v) is 23.9. The van der Waals surface area contributed by atoms with Crippen molar-refractivity contribution in [2.24, 2.45) is 0 Å². The fourth-order valence-corrected chi connectivity index (χ4v) is 15.2. The van der Waals surface area contributed by atoms with E-state index in [2.05, 4.69) is 84.7 Å². The number of hydrogen-bond acceptors (Lipinski definition) is 7. The predicted octanol–water partition coefficient (Wildman–Crippen LogP) is 8.01. The molecule has 0 aliphatic rings. The van der Waals surface area contributed by atoms with E-state index in [9.17, 15) is 10.2 Å². The molecule has 0 spiro atoms. The number of phenols is 3. The molecule has 0 fully saturated rings. The van der Waals surface area contributed by atoms with E-state index >= 15 is 0 Å². The minimum absolute atomic E-state index is 0.0122. The van der Waals surface area contributed by atoms with Crippen molar-refractivity contribution in [3.05, 3.63) is 77.4 Å². The van der Waals surface area contributed by atoms with Crippen LogP contribution < -0.4 is 0 Å². The molecule has 3 rings (SSSR count). The van der Waals surface area contributed by atoms with Crippen molar-refractivity contribution in [2.45, 2.75) is 88.3 Å². The van der Waals surface area contributed by atoms with Gasteiger partial charge in [0.25, 0.3) is 0 Å². The van der Waals surface area contributed by atoms with Gasteiger partial charge in [0.1, 0.15) is 17.2 Å². The SMILES string of the molecule is CC(C)(C)c1ccc(O)c(Sc2cc(C(C)(C)C)ccc2O)c1.CC(C)(C)c1ccc(O)cc1.S=S=S=S=S=S=S=S.[O]=[Ca]. The van der Waals surface area contributed by atoms with E-state index in [-0.39, 0.29) is 63.6 Å². The average Bonchev–Trinajstić information content (AvgIpc) is 2.94. The van der Waals surface area contributed by atoms with Gasteiger partial charge in [-0.3, -0.25) is 0 Å². The van der Waals surface area contributed by atoms with Crippen LogP contribution in [-0.4, -0.2) is 51.2 Å². The molecule has 0 saturated carbocycles. The minimum atomic E-state index is 0.0122. The van der Waals surface area contributed by atoms with Crippen molar-refractivity contribution < 1.29 is 16.8 Å². The standard InChI is InChI=1S/C20H26O2S.C10H14O.Ca.O.S8/c1-19(2,3)13-7-9-15(21)17(11-13)23-18-12-14(20(4,5)6)8-10-16(18)22;1-10(2,3)8-4-6-9(11)7-5-8;;;1-3-5-7-8-6-4-2/h7-12,21-22H,1-6H3;4-7,11H,1-3H3;;;. The Hall–Kier alpha value is 0.230. The van der Waals surface area contributed by atoms with Gasteiger partial charge in [-0.1, -0.05) is 98.3 Å². The van der Waals surface area contributed by atoms with Crippen molar-refractivity contribution in [3.8, 4) is 17.2 Å². The summed E-state index contributed by atoms with van der Waals surface area (Å²) in [6.45, 7) is 19.3. The van der Waals surface area contributed by atoms with E-state index < -0.39 is 0 Å². The third-order valence-corrected chi connectivity index (χ3v) is 17.9. The van der Waals surface area contributed by atoms with Crippen LogP contribution in [0.25, 0.3) is 0 Å². The molecule has 0 aliphatic carbocycles. The Balaban J connectivity index is 0.000000729. The zero-order chi connectivity index (χ0) is 34.1. The van der Waals surface area contributed by atoms with Gasteiger partial charge in [-0.2, -0.15) is 0 Å². The topological polar surface area (TPSA) is 77.8 Å². The quantitative estimate of drug-likeness (QED) is 0.227. The first-order valence-electron chi connectivity index (χ1n) is 13.1. The Kier molecular flexibility index (Phi) is 22.1. The molecule has 3 aromatic rings. The molecule has 0 unspecified atom stereocenters. The van der Waals surface area contributed by atoms with Crippen LogP contribution >= 0.6 is 11.8 Å². The first kappa shape index (κ1) is 44.2. The summed E-state index contributed by atoms with van der Waals surface area (Å²) in [5, 5.41) is 29.4. The van der Waals surface area contributed by atoms with Gasteiger partial charge in [0.05, 0.1) is 9.79 Å². The fourth-order valence-electron chi connectivity index (χ4n) is 3.25. The van der Waals surface area contributed by atoms with E-state index in [0.29, 0.717) is 5.75 Å². The summed E-state index contributed by atoms with van der Waals surface area (Å²) in [6, 6.07) is 18.7. The van der Waals surface area contributed by atoms with Crippen LogP contribution in [0.4, 0.5) is 0 Å². The molecule has 44 heavy (non-hydrogen) atoms. The van der Waals surface area contributed by atoms with E-state index in [1.165, 1.54) is 35.1 Å². The van der Waals surface area contributed by atoms with Crippen LogP contribution in [0.2, 0.25) is 0 Å². The summed E-state index contributed by atoms with van der Waals surface area (Å²) in [7, 11) is 9.12. The van der Waals surface area contributed by atoms with Gasteiger partial charge < -0.3 is 15.3 Å². The van der Waals surface area contributed by atoms with Crippen LogP contribution in [0.1, 0.15) is 79.0 Å². The Morgan fingerprint density at radius 3 is 1.14 bits per heavy atom. The molecule has 0 amide bonds. The van der Waals surface area contributed by atoms with E-state index in [1.54, 1.807) is 59.8 Å². The molecule has 0 bridgehead atoms. The number of aromatic hydroxyl groups is 3. The Labute approximate surface area is 318 Å². The van der Waals surface area contributed by atoms with Crippen molar-refractivity contribution >= 4 is 123 Å². The summed E-state index contributed by atoms with van der Waals surface area (Å²) < 4.78 is 8.38. The van der Waals surface area contributed by atoms with Gasteiger partial charge in [0.15, 0.2) is 0 Å². The summed E-state index contributed by atoms with van der Waals surface area (Å²) in [6.07, 6.45) is 0. The number of hydrogen-bond donors (Lipinski definition) is 3. The van der Waals surface area contributed by atoms with E-state index in [0.717, 1.165) is 20.9 Å². The predicted molar refractivity (Wildman–Crippen MR) is 210 cm³/mol. The van der Waals surface area contributed by atoms with Gasteiger partial charge in [-0.15, -0.1) is 0 Å². The second kappa shape index (κ2) is 22.0. The molecule has 0 aliphatic heterocycles. The molecular weight excluding hydrogens is 753 g/mol. The van der Waals surface area contributed by atoms with Crippen LogP contribution in [0.15, 0.2) is 70.5 Å². The first-order valence-corrected chi connectivity index (χ1v) is 24.1. The average molecular weight is 793 g/mol. The summed E-state index contributed by atoms with van der Waals surface area (Å²) >= 11 is 10.7. The maximum atomic E-state index is 10.2. The Morgan fingerprint density at radius 1 is 0.523 bits per heavy atom. The van der Waals surface area contributed by atoms with E-state index in [4.69, 9.17) is 6.54 Å². The zero-order valence-corrected chi connectivity index (χ0v) is 36.0. The second-order valence-electron chi connectivity index (χ2n) is 12.2. The summed E-state index contributed by atoms with van der Waals surface area (Å²) in [5.74, 6) is 0.810. The van der Waals surface area contributed by atoms with Gasteiger partial charge in [-0.25, -0.2) is 0 Å². The maximum absolute atomic E-state index is 10.2. The Morgan fingerprint density at radius 2 is 0.841 bits per heavy atom. The molecule has 0 atom stereocenters. The Bertz CT molecular complexity index is 1510. The number of benzene rings is 3. The molecule has 240 valence electrons. The third kappa shape index (κ3) is 18.0. The number of phenolic OH excluding ortho intramolecular Hbond substituents is 3. The number of rotatable bonds is 2. The summed E-state index contributed by atoms with van der Waals surface area (Å²) in [4.78, 5) is 1.53. The van der Waals surface area contributed by atoms with E-state index in [1.807, 2.05) is 36.4 Å². The zero-order valence-electron chi connectivity index (χ0n) is 26.4. The van der Waals surface area contributed by atoms with Crippen molar-refractivity contribution in [3.63, 3.8) is 0 Å². The summed E-state index contributed by atoms with van der Waals surface area (Å²) in [5.41, 5.74) is 3.76. The van der Waals surface area contributed by atoms with Crippen molar-refractivity contribution in [2.75, 3.05) is 0 Å². The molecule has 4 nitrogen and oxygen atoms in total. The van der Waals surface area contributed by atoms with Crippen LogP contribution in [0.5, 0.6) is 17.2 Å². The molecule has 3 N–H and O–H groups in total. The van der Waals surface area contributed by atoms with Gasteiger partial charge in [0.2, 0.25) is 0 Å². The van der Waals surface area contributed by atoms with Crippen molar-refractivity contribution in [1.29, 1.82) is 0 Å². The van der Waals surface area contributed by atoms with Crippen LogP contribution in [-0.2, 0) is 93.3 Å². The first-order chi connectivity index (χ1) is 20.4. The van der Waals surface area contributed by atoms with Gasteiger partial charge in [-0.05, 0) is 69.3 Å². The van der Waals surface area contributed by atoms with Crippen molar-refractivity contribution in [1.82, 2.24) is 0 Å².